The quantitative estimate of drug-likeness (QED) is 0.862. The van der Waals surface area contributed by atoms with Gasteiger partial charge in [-0.15, -0.1) is 0 Å². The summed E-state index contributed by atoms with van der Waals surface area (Å²) in [5.74, 6) is -1.77. The van der Waals surface area contributed by atoms with Gasteiger partial charge in [-0.2, -0.15) is 9.57 Å². The summed E-state index contributed by atoms with van der Waals surface area (Å²) in [6, 6.07) is 5.49. The first-order valence-electron chi connectivity index (χ1n) is 6.16. The van der Waals surface area contributed by atoms with Gasteiger partial charge in [-0.05, 0) is 25.1 Å². The first-order chi connectivity index (χ1) is 9.73. The normalized spacial score (nSPS) is 12.9. The van der Waals surface area contributed by atoms with Crippen LogP contribution < -0.4 is 0 Å². The molecule has 6 nitrogen and oxygen atoms in total. The van der Waals surface area contributed by atoms with E-state index in [2.05, 4.69) is 0 Å². The van der Waals surface area contributed by atoms with Crippen molar-refractivity contribution in [3.05, 3.63) is 28.8 Å². The van der Waals surface area contributed by atoms with Crippen LogP contribution in [0.25, 0.3) is 0 Å². The van der Waals surface area contributed by atoms with E-state index in [4.69, 9.17) is 22.0 Å². The van der Waals surface area contributed by atoms with Gasteiger partial charge < -0.3 is 5.11 Å². The van der Waals surface area contributed by atoms with Crippen LogP contribution in [-0.4, -0.2) is 36.9 Å². The topological polar surface area (TPSA) is 98.5 Å². The number of halogens is 1. The van der Waals surface area contributed by atoms with Crippen LogP contribution in [0.5, 0.6) is 0 Å². The lowest BCUT2D eigenvalue weighted by Crippen LogP contribution is -2.34. The average Bonchev–Trinajstić information content (AvgIpc) is 2.43. The third kappa shape index (κ3) is 3.94. The molecule has 0 aromatic heterocycles. The Hall–Kier alpha value is -1.62. The van der Waals surface area contributed by atoms with Crippen LogP contribution in [0.15, 0.2) is 23.1 Å². The maximum atomic E-state index is 12.5. The van der Waals surface area contributed by atoms with Crippen LogP contribution in [0.3, 0.4) is 0 Å². The number of benzene rings is 1. The fourth-order valence-electron chi connectivity index (χ4n) is 1.72. The van der Waals surface area contributed by atoms with E-state index in [9.17, 15) is 13.2 Å². The molecule has 0 spiro atoms. The lowest BCUT2D eigenvalue weighted by molar-refractivity contribution is 0.0697. The Balaban J connectivity index is 3.27. The smallest absolute Gasteiger partial charge is 0.337 e. The van der Waals surface area contributed by atoms with E-state index in [1.165, 1.54) is 12.1 Å². The third-order valence-corrected chi connectivity index (χ3v) is 5.12. The molecule has 8 heteroatoms. The van der Waals surface area contributed by atoms with Gasteiger partial charge in [0.15, 0.2) is 0 Å². The monoisotopic (exact) mass is 330 g/mol. The van der Waals surface area contributed by atoms with Crippen molar-refractivity contribution in [1.29, 1.82) is 5.26 Å². The number of hydrogen-bond acceptors (Lipinski definition) is 4. The highest BCUT2D eigenvalue weighted by molar-refractivity contribution is 7.89. The van der Waals surface area contributed by atoms with Crippen molar-refractivity contribution in [1.82, 2.24) is 4.31 Å². The van der Waals surface area contributed by atoms with Gasteiger partial charge in [-0.25, -0.2) is 13.2 Å². The van der Waals surface area contributed by atoms with Crippen molar-refractivity contribution in [2.24, 2.45) is 5.92 Å². The first kappa shape index (κ1) is 17.4. The van der Waals surface area contributed by atoms with Gasteiger partial charge in [0.1, 0.15) is 0 Å². The average molecular weight is 331 g/mol. The number of sulfonamides is 1. The summed E-state index contributed by atoms with van der Waals surface area (Å²) in [4.78, 5) is 10.9. The molecule has 0 fully saturated rings. The molecule has 1 aromatic carbocycles. The number of hydrogen-bond donors (Lipinski definition) is 1. The van der Waals surface area contributed by atoms with E-state index in [0.29, 0.717) is 0 Å². The molecule has 1 unspecified atom stereocenters. The molecule has 114 valence electrons. The van der Waals surface area contributed by atoms with Crippen LogP contribution in [-0.2, 0) is 10.0 Å². The molecule has 21 heavy (non-hydrogen) atoms. The highest BCUT2D eigenvalue weighted by atomic mass is 35.5. The molecular formula is C13H15ClN2O4S. The molecule has 0 radical (unpaired) electrons. The van der Waals surface area contributed by atoms with Gasteiger partial charge in [0.05, 0.1) is 27.5 Å². The predicted molar refractivity (Wildman–Crippen MR) is 77.6 cm³/mol. The van der Waals surface area contributed by atoms with E-state index < -0.39 is 21.9 Å². The van der Waals surface area contributed by atoms with Gasteiger partial charge in [0.25, 0.3) is 0 Å². The Morgan fingerprint density at radius 3 is 2.62 bits per heavy atom. The second-order valence-electron chi connectivity index (χ2n) is 4.43. The summed E-state index contributed by atoms with van der Waals surface area (Å²) in [7, 11) is -3.87. The van der Waals surface area contributed by atoms with E-state index in [0.717, 1.165) is 10.4 Å². The standard InChI is InChI=1S/C13H15ClN2O4S/c1-3-16(8-9(2)7-15)21(19,20)10-4-5-12(14)11(6-10)13(17)18/h4-6,9H,3,8H2,1-2H3,(H,17,18). The van der Waals surface area contributed by atoms with Crippen LogP contribution in [0.1, 0.15) is 24.2 Å². The molecule has 0 amide bonds. The summed E-state index contributed by atoms with van der Waals surface area (Å²) in [6.07, 6.45) is 0. The van der Waals surface area contributed by atoms with Gasteiger partial charge in [-0.1, -0.05) is 18.5 Å². The zero-order valence-electron chi connectivity index (χ0n) is 11.6. The lowest BCUT2D eigenvalue weighted by Gasteiger charge is -2.21. The maximum absolute atomic E-state index is 12.5. The molecular weight excluding hydrogens is 316 g/mol. The Kier molecular flexibility index (Phi) is 5.72. The van der Waals surface area contributed by atoms with E-state index >= 15 is 0 Å². The van der Waals surface area contributed by atoms with Gasteiger partial charge in [0, 0.05) is 13.1 Å². The van der Waals surface area contributed by atoms with Gasteiger partial charge in [-0.3, -0.25) is 0 Å². The summed E-state index contributed by atoms with van der Waals surface area (Å²) in [5, 5.41) is 17.8. The fourth-order valence-corrected chi connectivity index (χ4v) is 3.48. The van der Waals surface area contributed by atoms with Crippen molar-refractivity contribution in [2.45, 2.75) is 18.7 Å². The van der Waals surface area contributed by atoms with Gasteiger partial charge in [0.2, 0.25) is 10.0 Å². The Labute approximate surface area is 128 Å². The molecule has 0 bridgehead atoms. The third-order valence-electron chi connectivity index (χ3n) is 2.86. The Morgan fingerprint density at radius 2 is 2.14 bits per heavy atom. The maximum Gasteiger partial charge on any atom is 0.337 e. The summed E-state index contributed by atoms with van der Waals surface area (Å²) < 4.78 is 26.1. The zero-order valence-corrected chi connectivity index (χ0v) is 13.1. The van der Waals surface area contributed by atoms with E-state index in [-0.39, 0.29) is 28.6 Å². The number of nitrogens with zero attached hydrogens (tertiary/aromatic N) is 2. The number of carboxylic acids is 1. The number of nitriles is 1. The van der Waals surface area contributed by atoms with Crippen molar-refractivity contribution in [2.75, 3.05) is 13.1 Å². The first-order valence-corrected chi connectivity index (χ1v) is 7.98. The number of carboxylic acid groups (broad SMARTS) is 1. The summed E-state index contributed by atoms with van der Waals surface area (Å²) in [6.45, 7) is 3.48. The summed E-state index contributed by atoms with van der Waals surface area (Å²) >= 11 is 5.73. The predicted octanol–water partition coefficient (Wildman–Crippen LogP) is 2.21. The van der Waals surface area contributed by atoms with E-state index in [1.807, 2.05) is 6.07 Å². The molecule has 0 aliphatic heterocycles. The minimum atomic E-state index is -3.87. The van der Waals surface area contributed by atoms with Crippen molar-refractivity contribution in [3.63, 3.8) is 0 Å². The minimum Gasteiger partial charge on any atom is -0.478 e. The SMILES string of the molecule is CCN(CC(C)C#N)S(=O)(=O)c1ccc(Cl)c(C(=O)O)c1. The Morgan fingerprint density at radius 1 is 1.52 bits per heavy atom. The van der Waals surface area contributed by atoms with Crippen LogP contribution in [0, 0.1) is 17.2 Å². The number of aromatic carboxylic acids is 1. The van der Waals surface area contributed by atoms with Crippen LogP contribution in [0.2, 0.25) is 5.02 Å². The van der Waals surface area contributed by atoms with Crippen LogP contribution >= 0.6 is 11.6 Å². The van der Waals surface area contributed by atoms with Crippen molar-refractivity contribution < 1.29 is 18.3 Å². The molecule has 1 rings (SSSR count). The van der Waals surface area contributed by atoms with E-state index in [1.54, 1.807) is 13.8 Å². The molecule has 0 saturated heterocycles. The molecule has 0 heterocycles. The van der Waals surface area contributed by atoms with Crippen molar-refractivity contribution in [3.8, 4) is 6.07 Å². The molecule has 0 saturated carbocycles. The fraction of sp³-hybridized carbons (Fsp3) is 0.385. The number of carbonyl (C=O) groups is 1. The summed E-state index contributed by atoms with van der Waals surface area (Å²) in [5.41, 5.74) is -0.276. The molecule has 1 aromatic rings. The minimum absolute atomic E-state index is 0.0325. The van der Waals surface area contributed by atoms with Crippen molar-refractivity contribution >= 4 is 27.6 Å². The molecule has 0 aliphatic rings. The highest BCUT2D eigenvalue weighted by Gasteiger charge is 2.26. The number of rotatable bonds is 6. The Bertz CT molecular complexity index is 682. The largest absolute Gasteiger partial charge is 0.478 e. The molecule has 1 N–H and O–H groups in total. The molecule has 1 atom stereocenters. The van der Waals surface area contributed by atoms with Crippen LogP contribution in [0.4, 0.5) is 0 Å². The highest BCUT2D eigenvalue weighted by Crippen LogP contribution is 2.23. The second-order valence-corrected chi connectivity index (χ2v) is 6.78. The lowest BCUT2D eigenvalue weighted by atomic mass is 10.2. The zero-order chi connectivity index (χ0) is 16.2. The van der Waals surface area contributed by atoms with Gasteiger partial charge >= 0.3 is 5.97 Å². The molecule has 0 aliphatic carbocycles. The second kappa shape index (κ2) is 6.89.